The summed E-state index contributed by atoms with van der Waals surface area (Å²) in [5.41, 5.74) is 0.909. The summed E-state index contributed by atoms with van der Waals surface area (Å²) in [6.07, 6.45) is -3.62. The van der Waals surface area contributed by atoms with E-state index in [2.05, 4.69) is 20.5 Å². The molecule has 154 valence electrons. The van der Waals surface area contributed by atoms with E-state index in [0.29, 0.717) is 32.3 Å². The van der Waals surface area contributed by atoms with Crippen molar-refractivity contribution >= 4 is 27.4 Å². The molecule has 2 heterocycles. The number of aryl methyl sites for hydroxylation is 1. The second kappa shape index (κ2) is 7.51. The topological polar surface area (TPSA) is 91.2 Å². The summed E-state index contributed by atoms with van der Waals surface area (Å²) in [6, 6.07) is 4.75. The molecule has 0 aliphatic heterocycles. The Bertz CT molecular complexity index is 1050. The van der Waals surface area contributed by atoms with E-state index in [-0.39, 0.29) is 18.0 Å². The van der Waals surface area contributed by atoms with Gasteiger partial charge in [0.15, 0.2) is 5.01 Å². The molecule has 1 aliphatic rings. The van der Waals surface area contributed by atoms with Gasteiger partial charge in [-0.3, -0.25) is 0 Å². The molecule has 0 bridgehead atoms. The minimum Gasteiger partial charge on any atom is -0.394 e. The average molecular weight is 424 g/mol. The SMILES string of the molecule is Cc1cc(-c2nnc(NCC(O)CO)s2)nc2c(C(F)(F)F)cc(C3CC3)cc12. The highest BCUT2D eigenvalue weighted by molar-refractivity contribution is 7.18. The van der Waals surface area contributed by atoms with Gasteiger partial charge in [0.05, 0.1) is 23.8 Å². The highest BCUT2D eigenvalue weighted by atomic mass is 32.1. The molecule has 1 unspecified atom stereocenters. The number of rotatable bonds is 6. The van der Waals surface area contributed by atoms with Crippen LogP contribution in [0.3, 0.4) is 0 Å². The number of aromatic nitrogens is 3. The quantitative estimate of drug-likeness (QED) is 0.559. The maximum Gasteiger partial charge on any atom is 0.418 e. The summed E-state index contributed by atoms with van der Waals surface area (Å²) in [4.78, 5) is 4.29. The van der Waals surface area contributed by atoms with Crippen LogP contribution in [0.25, 0.3) is 21.6 Å². The van der Waals surface area contributed by atoms with Gasteiger partial charge in [0.2, 0.25) is 5.13 Å². The Morgan fingerprint density at radius 3 is 2.66 bits per heavy atom. The van der Waals surface area contributed by atoms with E-state index < -0.39 is 24.5 Å². The number of aliphatic hydroxyl groups is 2. The Morgan fingerprint density at radius 1 is 1.24 bits per heavy atom. The lowest BCUT2D eigenvalue weighted by Gasteiger charge is -2.14. The van der Waals surface area contributed by atoms with Crippen LogP contribution in [-0.2, 0) is 6.18 Å². The minimum atomic E-state index is -4.50. The zero-order chi connectivity index (χ0) is 20.8. The van der Waals surface area contributed by atoms with E-state index in [9.17, 15) is 18.3 Å². The van der Waals surface area contributed by atoms with E-state index in [4.69, 9.17) is 5.11 Å². The van der Waals surface area contributed by atoms with E-state index in [1.54, 1.807) is 13.0 Å². The van der Waals surface area contributed by atoms with Gasteiger partial charge in [-0.15, -0.1) is 10.2 Å². The number of nitrogens with zero attached hydrogens (tertiary/aromatic N) is 3. The third-order valence-corrected chi connectivity index (χ3v) is 5.74. The molecule has 0 radical (unpaired) electrons. The van der Waals surface area contributed by atoms with Crippen molar-refractivity contribution in [2.75, 3.05) is 18.5 Å². The normalized spacial score (nSPS) is 15.7. The molecule has 10 heteroatoms. The first kappa shape index (κ1) is 20.0. The molecule has 6 nitrogen and oxygen atoms in total. The lowest BCUT2D eigenvalue weighted by molar-refractivity contribution is -0.136. The fraction of sp³-hybridized carbons (Fsp3) is 0.421. The molecule has 4 rings (SSSR count). The number of anilines is 1. The summed E-state index contributed by atoms with van der Waals surface area (Å²) >= 11 is 1.12. The van der Waals surface area contributed by atoms with Crippen molar-refractivity contribution in [2.24, 2.45) is 0 Å². The number of benzene rings is 1. The second-order valence-corrected chi connectivity index (χ2v) is 8.17. The van der Waals surface area contributed by atoms with Crippen molar-refractivity contribution in [3.05, 3.63) is 34.9 Å². The van der Waals surface area contributed by atoms with E-state index in [1.165, 1.54) is 6.07 Å². The number of hydrogen-bond acceptors (Lipinski definition) is 7. The van der Waals surface area contributed by atoms with Gasteiger partial charge in [0, 0.05) is 11.9 Å². The molecule has 3 N–H and O–H groups in total. The van der Waals surface area contributed by atoms with Gasteiger partial charge in [0.1, 0.15) is 5.69 Å². The first-order valence-electron chi connectivity index (χ1n) is 9.15. The van der Waals surface area contributed by atoms with Gasteiger partial charge in [-0.2, -0.15) is 13.2 Å². The summed E-state index contributed by atoms with van der Waals surface area (Å²) in [5, 5.41) is 30.3. The summed E-state index contributed by atoms with van der Waals surface area (Å²) < 4.78 is 41.2. The number of fused-ring (bicyclic) bond motifs is 1. The average Bonchev–Trinajstić information content (AvgIpc) is 3.42. The second-order valence-electron chi connectivity index (χ2n) is 7.19. The highest BCUT2D eigenvalue weighted by Gasteiger charge is 2.36. The summed E-state index contributed by atoms with van der Waals surface area (Å²) in [5.74, 6) is 0.200. The molecule has 1 aromatic carbocycles. The molecule has 1 fully saturated rings. The number of halogens is 3. The standard InChI is InChI=1S/C19H19F3N4O2S/c1-9-4-15(17-25-26-18(29-17)23-7-12(28)8-27)24-16-13(9)5-11(10-2-3-10)6-14(16)19(20,21)22/h4-6,10,12,27-28H,2-3,7-8H2,1H3,(H,23,26). The van der Waals surface area contributed by atoms with Crippen LogP contribution in [0.5, 0.6) is 0 Å². The first-order valence-corrected chi connectivity index (χ1v) is 9.97. The van der Waals surface area contributed by atoms with Gasteiger partial charge in [-0.25, -0.2) is 4.98 Å². The van der Waals surface area contributed by atoms with Crippen LogP contribution in [0, 0.1) is 6.92 Å². The minimum absolute atomic E-state index is 0.0808. The molecule has 29 heavy (non-hydrogen) atoms. The highest BCUT2D eigenvalue weighted by Crippen LogP contribution is 2.45. The Kier molecular flexibility index (Phi) is 5.18. The lowest BCUT2D eigenvalue weighted by atomic mass is 9.98. The molecular formula is C19H19F3N4O2S. The van der Waals surface area contributed by atoms with Crippen molar-refractivity contribution in [3.8, 4) is 10.7 Å². The van der Waals surface area contributed by atoms with Crippen LogP contribution in [0.1, 0.15) is 35.4 Å². The predicted molar refractivity (Wildman–Crippen MR) is 104 cm³/mol. The van der Waals surface area contributed by atoms with Crippen molar-refractivity contribution in [3.63, 3.8) is 0 Å². The van der Waals surface area contributed by atoms with Gasteiger partial charge in [0.25, 0.3) is 0 Å². The monoisotopic (exact) mass is 424 g/mol. The van der Waals surface area contributed by atoms with E-state index in [0.717, 1.165) is 24.2 Å². The Balaban J connectivity index is 1.75. The molecule has 2 aromatic heterocycles. The molecule has 1 aliphatic carbocycles. The van der Waals surface area contributed by atoms with Crippen LogP contribution < -0.4 is 5.32 Å². The largest absolute Gasteiger partial charge is 0.418 e. The van der Waals surface area contributed by atoms with Crippen molar-refractivity contribution in [1.82, 2.24) is 15.2 Å². The Labute approximate surface area is 168 Å². The maximum absolute atomic E-state index is 13.7. The lowest BCUT2D eigenvalue weighted by Crippen LogP contribution is -2.22. The number of pyridine rings is 1. The van der Waals surface area contributed by atoms with E-state index >= 15 is 0 Å². The Hall–Kier alpha value is -2.30. The predicted octanol–water partition coefficient (Wildman–Crippen LogP) is 3.72. The Morgan fingerprint density at radius 2 is 2.00 bits per heavy atom. The van der Waals surface area contributed by atoms with Crippen molar-refractivity contribution in [1.29, 1.82) is 0 Å². The van der Waals surface area contributed by atoms with Gasteiger partial charge < -0.3 is 15.5 Å². The summed E-state index contributed by atoms with van der Waals surface area (Å²) in [7, 11) is 0. The molecule has 1 atom stereocenters. The first-order chi connectivity index (χ1) is 13.8. The van der Waals surface area contributed by atoms with Gasteiger partial charge in [-0.1, -0.05) is 11.3 Å². The number of nitrogens with one attached hydrogen (secondary N) is 1. The van der Waals surface area contributed by atoms with Gasteiger partial charge in [-0.05, 0) is 55.0 Å². The maximum atomic E-state index is 13.7. The van der Waals surface area contributed by atoms with Crippen LogP contribution in [-0.4, -0.2) is 44.7 Å². The van der Waals surface area contributed by atoms with E-state index in [1.807, 2.05) is 6.07 Å². The third kappa shape index (κ3) is 4.19. The van der Waals surface area contributed by atoms with Crippen molar-refractivity contribution in [2.45, 2.75) is 38.0 Å². The molecule has 3 aromatic rings. The zero-order valence-electron chi connectivity index (χ0n) is 15.5. The number of aliphatic hydroxyl groups excluding tert-OH is 2. The van der Waals surface area contributed by atoms with Crippen molar-refractivity contribution < 1.29 is 23.4 Å². The number of alkyl halides is 3. The molecule has 0 spiro atoms. The van der Waals surface area contributed by atoms with Crippen LogP contribution in [0.15, 0.2) is 18.2 Å². The zero-order valence-corrected chi connectivity index (χ0v) is 16.3. The summed E-state index contributed by atoms with van der Waals surface area (Å²) in [6.45, 7) is 1.45. The fourth-order valence-corrected chi connectivity index (χ4v) is 3.87. The molecule has 1 saturated carbocycles. The fourth-order valence-electron chi connectivity index (χ4n) is 3.16. The van der Waals surface area contributed by atoms with Crippen LogP contribution in [0.2, 0.25) is 0 Å². The van der Waals surface area contributed by atoms with Crippen LogP contribution in [0.4, 0.5) is 18.3 Å². The third-order valence-electron chi connectivity index (χ3n) is 4.84. The molecular weight excluding hydrogens is 405 g/mol. The number of hydrogen-bond donors (Lipinski definition) is 3. The molecule has 0 saturated heterocycles. The smallest absolute Gasteiger partial charge is 0.394 e. The molecule has 0 amide bonds. The van der Waals surface area contributed by atoms with Gasteiger partial charge >= 0.3 is 6.18 Å². The van der Waals surface area contributed by atoms with Crippen LogP contribution >= 0.6 is 11.3 Å².